The van der Waals surface area contributed by atoms with Gasteiger partial charge in [0.05, 0.1) is 5.69 Å². The van der Waals surface area contributed by atoms with Gasteiger partial charge in [-0.15, -0.1) is 0 Å². The molecule has 1 heterocycles. The highest BCUT2D eigenvalue weighted by atomic mass is 19.1. The molecule has 1 atom stereocenters. The SMILES string of the molecule is CC(CCCCCOC(C)(C)C(=O)O)c1coc(-c2ccc(F)cc2)n1. The lowest BCUT2D eigenvalue weighted by Crippen LogP contribution is -2.35. The van der Waals surface area contributed by atoms with E-state index in [-0.39, 0.29) is 11.7 Å². The summed E-state index contributed by atoms with van der Waals surface area (Å²) in [4.78, 5) is 15.4. The molecule has 142 valence electrons. The van der Waals surface area contributed by atoms with Gasteiger partial charge in [0.25, 0.3) is 0 Å². The number of unbranched alkanes of at least 4 members (excludes halogenated alkanes) is 2. The van der Waals surface area contributed by atoms with Gasteiger partial charge in [-0.05, 0) is 51.0 Å². The van der Waals surface area contributed by atoms with Crippen LogP contribution < -0.4 is 0 Å². The van der Waals surface area contributed by atoms with Crippen molar-refractivity contribution in [3.8, 4) is 11.5 Å². The minimum Gasteiger partial charge on any atom is -0.479 e. The van der Waals surface area contributed by atoms with Crippen molar-refractivity contribution in [3.05, 3.63) is 42.0 Å². The van der Waals surface area contributed by atoms with E-state index >= 15 is 0 Å². The molecule has 2 aromatic rings. The lowest BCUT2D eigenvalue weighted by Gasteiger charge is -2.19. The van der Waals surface area contributed by atoms with E-state index < -0.39 is 11.6 Å². The summed E-state index contributed by atoms with van der Waals surface area (Å²) in [5.41, 5.74) is 0.501. The summed E-state index contributed by atoms with van der Waals surface area (Å²) in [5, 5.41) is 8.98. The Morgan fingerprint density at radius 3 is 2.62 bits per heavy atom. The average Bonchev–Trinajstić information content (AvgIpc) is 3.08. The Balaban J connectivity index is 1.73. The standard InChI is InChI=1S/C20H26FNO4/c1-14(7-5-4-6-12-26-20(2,3)19(23)24)17-13-25-18(22-17)15-8-10-16(21)11-9-15/h8-11,13-14H,4-7,12H2,1-3H3,(H,23,24). The lowest BCUT2D eigenvalue weighted by molar-refractivity contribution is -0.161. The van der Waals surface area contributed by atoms with E-state index in [9.17, 15) is 9.18 Å². The molecule has 0 aliphatic heterocycles. The monoisotopic (exact) mass is 363 g/mol. The second-order valence-corrected chi connectivity index (χ2v) is 7.00. The number of aromatic nitrogens is 1. The Morgan fingerprint density at radius 1 is 1.27 bits per heavy atom. The van der Waals surface area contributed by atoms with Crippen molar-refractivity contribution >= 4 is 5.97 Å². The number of carbonyl (C=O) groups is 1. The molecule has 0 aliphatic carbocycles. The number of halogens is 1. The Hall–Kier alpha value is -2.21. The molecule has 0 saturated heterocycles. The molecule has 0 bridgehead atoms. The van der Waals surface area contributed by atoms with Crippen molar-refractivity contribution in [1.82, 2.24) is 4.98 Å². The number of carboxylic acid groups (broad SMARTS) is 1. The Morgan fingerprint density at radius 2 is 1.96 bits per heavy atom. The number of ether oxygens (including phenoxy) is 1. The van der Waals surface area contributed by atoms with Crippen LogP contribution in [0.15, 0.2) is 34.9 Å². The van der Waals surface area contributed by atoms with Crippen molar-refractivity contribution in [1.29, 1.82) is 0 Å². The number of oxazole rings is 1. The average molecular weight is 363 g/mol. The smallest absolute Gasteiger partial charge is 0.335 e. The number of aliphatic carboxylic acids is 1. The van der Waals surface area contributed by atoms with Crippen molar-refractivity contribution in [2.75, 3.05) is 6.61 Å². The van der Waals surface area contributed by atoms with Crippen LogP contribution in [0, 0.1) is 5.82 Å². The van der Waals surface area contributed by atoms with Crippen molar-refractivity contribution in [3.63, 3.8) is 0 Å². The summed E-state index contributed by atoms with van der Waals surface area (Å²) in [7, 11) is 0. The molecule has 5 nitrogen and oxygen atoms in total. The third kappa shape index (κ3) is 5.66. The summed E-state index contributed by atoms with van der Waals surface area (Å²) in [6.07, 6.45) is 5.39. The van der Waals surface area contributed by atoms with E-state index in [1.165, 1.54) is 12.1 Å². The zero-order chi connectivity index (χ0) is 19.2. The predicted molar refractivity (Wildman–Crippen MR) is 96.4 cm³/mol. The topological polar surface area (TPSA) is 72.6 Å². The first-order valence-corrected chi connectivity index (χ1v) is 8.88. The van der Waals surface area contributed by atoms with Gasteiger partial charge >= 0.3 is 5.97 Å². The van der Waals surface area contributed by atoms with Crippen LogP contribution in [-0.2, 0) is 9.53 Å². The molecule has 6 heteroatoms. The third-order valence-electron chi connectivity index (χ3n) is 4.38. The second-order valence-electron chi connectivity index (χ2n) is 7.00. The number of rotatable bonds is 10. The molecule has 0 saturated carbocycles. The fraction of sp³-hybridized carbons (Fsp3) is 0.500. The third-order valence-corrected chi connectivity index (χ3v) is 4.38. The second kappa shape index (κ2) is 8.94. The van der Waals surface area contributed by atoms with E-state index in [2.05, 4.69) is 11.9 Å². The van der Waals surface area contributed by atoms with Crippen LogP contribution in [0.4, 0.5) is 4.39 Å². The van der Waals surface area contributed by atoms with Gasteiger partial charge in [-0.3, -0.25) is 0 Å². The molecular weight excluding hydrogens is 337 g/mol. The molecule has 0 amide bonds. The maximum absolute atomic E-state index is 13.0. The Labute approximate surface area is 153 Å². The number of carboxylic acids is 1. The molecular formula is C20H26FNO4. The van der Waals surface area contributed by atoms with Gasteiger partial charge in [0.1, 0.15) is 12.1 Å². The molecule has 0 spiro atoms. The molecule has 0 aliphatic rings. The quantitative estimate of drug-likeness (QED) is 0.600. The van der Waals surface area contributed by atoms with Gasteiger partial charge in [-0.25, -0.2) is 14.2 Å². The maximum Gasteiger partial charge on any atom is 0.335 e. The highest BCUT2D eigenvalue weighted by Crippen LogP contribution is 2.25. The number of hydrogen-bond donors (Lipinski definition) is 1. The van der Waals surface area contributed by atoms with Crippen LogP contribution in [0.5, 0.6) is 0 Å². The summed E-state index contributed by atoms with van der Waals surface area (Å²) < 4.78 is 23.9. The zero-order valence-corrected chi connectivity index (χ0v) is 15.5. The van der Waals surface area contributed by atoms with Gasteiger partial charge in [0.2, 0.25) is 5.89 Å². The summed E-state index contributed by atoms with van der Waals surface area (Å²) in [6, 6.07) is 6.06. The fourth-order valence-electron chi connectivity index (χ4n) is 2.50. The largest absolute Gasteiger partial charge is 0.479 e. The number of nitrogens with zero attached hydrogens (tertiary/aromatic N) is 1. The zero-order valence-electron chi connectivity index (χ0n) is 15.5. The first-order chi connectivity index (χ1) is 12.3. The molecule has 2 rings (SSSR count). The van der Waals surface area contributed by atoms with E-state index in [0.717, 1.165) is 36.9 Å². The van der Waals surface area contributed by atoms with Gasteiger partial charge < -0.3 is 14.3 Å². The summed E-state index contributed by atoms with van der Waals surface area (Å²) in [6.45, 7) is 5.64. The summed E-state index contributed by atoms with van der Waals surface area (Å²) in [5.74, 6) is -0.487. The lowest BCUT2D eigenvalue weighted by atomic mass is 10.0. The van der Waals surface area contributed by atoms with Gasteiger partial charge in [0, 0.05) is 18.1 Å². The van der Waals surface area contributed by atoms with Crippen LogP contribution >= 0.6 is 0 Å². The van der Waals surface area contributed by atoms with Crippen LogP contribution in [0.2, 0.25) is 0 Å². The van der Waals surface area contributed by atoms with Crippen molar-refractivity contribution in [2.24, 2.45) is 0 Å². The van der Waals surface area contributed by atoms with Crippen LogP contribution in [0.25, 0.3) is 11.5 Å². The Kier molecular flexibility index (Phi) is 6.91. The van der Waals surface area contributed by atoms with Gasteiger partial charge in [0.15, 0.2) is 5.60 Å². The normalized spacial score (nSPS) is 12.9. The molecule has 0 radical (unpaired) electrons. The van der Waals surface area contributed by atoms with E-state index in [1.54, 1.807) is 32.2 Å². The minimum absolute atomic E-state index is 0.254. The highest BCUT2D eigenvalue weighted by Gasteiger charge is 2.27. The fourth-order valence-corrected chi connectivity index (χ4v) is 2.50. The molecule has 0 fully saturated rings. The van der Waals surface area contributed by atoms with Crippen molar-refractivity contribution in [2.45, 2.75) is 58.0 Å². The highest BCUT2D eigenvalue weighted by molar-refractivity contribution is 5.76. The maximum atomic E-state index is 13.0. The predicted octanol–water partition coefficient (Wildman–Crippen LogP) is 5.02. The van der Waals surface area contributed by atoms with Crippen LogP contribution in [0.1, 0.15) is 58.1 Å². The number of benzene rings is 1. The molecule has 1 N–H and O–H groups in total. The van der Waals surface area contributed by atoms with E-state index in [0.29, 0.717) is 12.5 Å². The van der Waals surface area contributed by atoms with E-state index in [4.69, 9.17) is 14.3 Å². The molecule has 1 aromatic heterocycles. The number of hydrogen-bond acceptors (Lipinski definition) is 4. The minimum atomic E-state index is -1.13. The summed E-state index contributed by atoms with van der Waals surface area (Å²) >= 11 is 0. The van der Waals surface area contributed by atoms with Crippen LogP contribution in [0.3, 0.4) is 0 Å². The first-order valence-electron chi connectivity index (χ1n) is 8.88. The molecule has 1 aromatic carbocycles. The van der Waals surface area contributed by atoms with Gasteiger partial charge in [-0.1, -0.05) is 19.8 Å². The molecule has 1 unspecified atom stereocenters. The molecule has 26 heavy (non-hydrogen) atoms. The van der Waals surface area contributed by atoms with Crippen LogP contribution in [-0.4, -0.2) is 28.3 Å². The van der Waals surface area contributed by atoms with Gasteiger partial charge in [-0.2, -0.15) is 0 Å². The first kappa shape index (κ1) is 20.1. The van der Waals surface area contributed by atoms with E-state index in [1.807, 2.05) is 0 Å². The van der Waals surface area contributed by atoms with Crippen molar-refractivity contribution < 1.29 is 23.4 Å². The Bertz CT molecular complexity index is 709.